The molecule has 23 heavy (non-hydrogen) atoms. The maximum Gasteiger partial charge on any atom is 0.329 e. The maximum absolute atomic E-state index is 11.2. The van der Waals surface area contributed by atoms with E-state index in [2.05, 4.69) is 15.8 Å². The number of hydrogen-bond acceptors (Lipinski definition) is 4. The van der Waals surface area contributed by atoms with E-state index in [9.17, 15) is 9.59 Å². The summed E-state index contributed by atoms with van der Waals surface area (Å²) < 4.78 is 5.67. The molecule has 0 aliphatic rings. The van der Waals surface area contributed by atoms with Gasteiger partial charge in [-0.25, -0.2) is 5.43 Å². The van der Waals surface area contributed by atoms with E-state index in [1.807, 2.05) is 42.5 Å². The molecule has 2 N–H and O–H groups in total. The van der Waals surface area contributed by atoms with Crippen molar-refractivity contribution in [1.82, 2.24) is 10.7 Å². The normalized spacial score (nSPS) is 10.3. The largest absolute Gasteiger partial charge is 0.489 e. The van der Waals surface area contributed by atoms with Crippen molar-refractivity contribution in [3.05, 3.63) is 65.7 Å². The van der Waals surface area contributed by atoms with Crippen LogP contribution in [0.25, 0.3) is 0 Å². The summed E-state index contributed by atoms with van der Waals surface area (Å²) in [6, 6.07) is 17.1. The first-order chi connectivity index (χ1) is 11.2. The average Bonchev–Trinajstić information content (AvgIpc) is 2.61. The highest BCUT2D eigenvalue weighted by Gasteiger charge is 2.08. The highest BCUT2D eigenvalue weighted by molar-refractivity contribution is 6.34. The molecular weight excluding hydrogens is 294 g/mol. The van der Waals surface area contributed by atoms with Crippen molar-refractivity contribution < 1.29 is 14.3 Å². The summed E-state index contributed by atoms with van der Waals surface area (Å²) in [7, 11) is 1.37. The highest BCUT2D eigenvalue weighted by atomic mass is 16.5. The molecule has 0 saturated heterocycles. The monoisotopic (exact) mass is 311 g/mol. The topological polar surface area (TPSA) is 79.8 Å². The molecule has 0 atom stereocenters. The van der Waals surface area contributed by atoms with Crippen LogP contribution in [0, 0.1) is 0 Å². The number of rotatable bonds is 5. The second-order valence-electron chi connectivity index (χ2n) is 4.62. The standard InChI is InChI=1S/C17H17N3O3/c1-18-16(21)17(22)20-19-11-13-7-9-15(10-8-13)23-12-14-5-3-2-4-6-14/h2-11H,12H2,1H3,(H,18,21)(H,20,22)/b19-11-. The molecule has 0 spiro atoms. The molecule has 0 fully saturated rings. The molecule has 0 radical (unpaired) electrons. The minimum absolute atomic E-state index is 0.496. The van der Waals surface area contributed by atoms with E-state index in [1.165, 1.54) is 13.3 Å². The minimum Gasteiger partial charge on any atom is -0.489 e. The summed E-state index contributed by atoms with van der Waals surface area (Å²) in [4.78, 5) is 22.2. The number of carbonyl (C=O) groups is 2. The number of nitrogens with zero attached hydrogens (tertiary/aromatic N) is 1. The van der Waals surface area contributed by atoms with Crippen LogP contribution in [0.3, 0.4) is 0 Å². The lowest BCUT2D eigenvalue weighted by molar-refractivity contribution is -0.138. The smallest absolute Gasteiger partial charge is 0.329 e. The number of hydrogen-bond donors (Lipinski definition) is 2. The first kappa shape index (κ1) is 16.2. The molecule has 6 heteroatoms. The van der Waals surface area contributed by atoms with Crippen molar-refractivity contribution in [2.75, 3.05) is 7.05 Å². The summed E-state index contributed by atoms with van der Waals surface area (Å²) in [5, 5.41) is 5.91. The van der Waals surface area contributed by atoms with Gasteiger partial charge in [-0.05, 0) is 35.4 Å². The van der Waals surface area contributed by atoms with E-state index in [4.69, 9.17) is 4.74 Å². The fourth-order valence-electron chi connectivity index (χ4n) is 1.72. The van der Waals surface area contributed by atoms with Crippen LogP contribution in [0.2, 0.25) is 0 Å². The number of benzene rings is 2. The van der Waals surface area contributed by atoms with Gasteiger partial charge in [0.1, 0.15) is 12.4 Å². The molecular formula is C17H17N3O3. The zero-order valence-electron chi connectivity index (χ0n) is 12.7. The summed E-state index contributed by atoms with van der Waals surface area (Å²) in [6.07, 6.45) is 1.45. The Morgan fingerprint density at radius 3 is 2.39 bits per heavy atom. The average molecular weight is 311 g/mol. The van der Waals surface area contributed by atoms with Gasteiger partial charge in [0.15, 0.2) is 0 Å². The van der Waals surface area contributed by atoms with Crippen LogP contribution in [0.15, 0.2) is 59.7 Å². The predicted molar refractivity (Wildman–Crippen MR) is 87.0 cm³/mol. The van der Waals surface area contributed by atoms with Gasteiger partial charge in [0.2, 0.25) is 0 Å². The third-order valence-electron chi connectivity index (χ3n) is 2.94. The number of carbonyl (C=O) groups excluding carboxylic acids is 2. The molecule has 2 aromatic rings. The highest BCUT2D eigenvalue weighted by Crippen LogP contribution is 2.13. The van der Waals surface area contributed by atoms with Crippen molar-refractivity contribution in [3.63, 3.8) is 0 Å². The number of likely N-dealkylation sites (N-methyl/N-ethyl adjacent to an activating group) is 1. The number of ether oxygens (including phenoxy) is 1. The second-order valence-corrected chi connectivity index (χ2v) is 4.62. The SMILES string of the molecule is CNC(=O)C(=O)N/N=C\c1ccc(OCc2ccccc2)cc1. The van der Waals surface area contributed by atoms with Gasteiger partial charge in [-0.1, -0.05) is 30.3 Å². The zero-order chi connectivity index (χ0) is 16.5. The van der Waals surface area contributed by atoms with Gasteiger partial charge in [0.25, 0.3) is 0 Å². The second kappa shape index (κ2) is 8.33. The van der Waals surface area contributed by atoms with Crippen LogP contribution in [0.4, 0.5) is 0 Å². The molecule has 2 rings (SSSR count). The lowest BCUT2D eigenvalue weighted by Gasteiger charge is -2.06. The summed E-state index contributed by atoms with van der Waals surface area (Å²) in [5.74, 6) is -0.821. The molecule has 0 aliphatic heterocycles. The Morgan fingerprint density at radius 1 is 1.04 bits per heavy atom. The third kappa shape index (κ3) is 5.28. The molecule has 118 valence electrons. The molecule has 0 bridgehead atoms. The van der Waals surface area contributed by atoms with E-state index in [0.717, 1.165) is 16.9 Å². The maximum atomic E-state index is 11.2. The Balaban J connectivity index is 1.84. The Bertz CT molecular complexity index is 682. The van der Waals surface area contributed by atoms with Gasteiger partial charge < -0.3 is 10.1 Å². The lowest BCUT2D eigenvalue weighted by atomic mass is 10.2. The molecule has 0 heterocycles. The number of amides is 2. The van der Waals surface area contributed by atoms with Gasteiger partial charge >= 0.3 is 11.8 Å². The van der Waals surface area contributed by atoms with Crippen LogP contribution < -0.4 is 15.5 Å². The molecule has 0 aliphatic carbocycles. The Labute approximate surface area is 134 Å². The first-order valence-electron chi connectivity index (χ1n) is 7.01. The zero-order valence-corrected chi connectivity index (χ0v) is 12.7. The van der Waals surface area contributed by atoms with Crippen LogP contribution in [-0.4, -0.2) is 25.1 Å². The van der Waals surface area contributed by atoms with Crippen molar-refractivity contribution in [2.24, 2.45) is 5.10 Å². The van der Waals surface area contributed by atoms with Gasteiger partial charge in [0.05, 0.1) is 6.21 Å². The molecule has 0 unspecified atom stereocenters. The van der Waals surface area contributed by atoms with E-state index in [-0.39, 0.29) is 0 Å². The van der Waals surface area contributed by atoms with E-state index < -0.39 is 11.8 Å². The molecule has 2 aromatic carbocycles. The summed E-state index contributed by atoms with van der Waals surface area (Å²) in [5.41, 5.74) is 4.00. The number of hydrazone groups is 1. The Morgan fingerprint density at radius 2 is 1.74 bits per heavy atom. The van der Waals surface area contributed by atoms with E-state index in [1.54, 1.807) is 12.1 Å². The fraction of sp³-hybridized carbons (Fsp3) is 0.118. The Hall–Kier alpha value is -3.15. The van der Waals surface area contributed by atoms with Gasteiger partial charge in [-0.2, -0.15) is 5.10 Å². The van der Waals surface area contributed by atoms with Crippen LogP contribution in [0.5, 0.6) is 5.75 Å². The third-order valence-corrected chi connectivity index (χ3v) is 2.94. The van der Waals surface area contributed by atoms with E-state index >= 15 is 0 Å². The van der Waals surface area contributed by atoms with Crippen molar-refractivity contribution in [1.29, 1.82) is 0 Å². The van der Waals surface area contributed by atoms with Crippen molar-refractivity contribution >= 4 is 18.0 Å². The van der Waals surface area contributed by atoms with Crippen LogP contribution >= 0.6 is 0 Å². The van der Waals surface area contributed by atoms with Gasteiger partial charge in [-0.15, -0.1) is 0 Å². The molecule has 2 amide bonds. The summed E-state index contributed by atoms with van der Waals surface area (Å²) in [6.45, 7) is 0.496. The Kier molecular flexibility index (Phi) is 5.88. The lowest BCUT2D eigenvalue weighted by Crippen LogP contribution is -2.35. The fourth-order valence-corrected chi connectivity index (χ4v) is 1.72. The van der Waals surface area contributed by atoms with Crippen molar-refractivity contribution in [3.8, 4) is 5.75 Å². The van der Waals surface area contributed by atoms with Crippen LogP contribution in [0.1, 0.15) is 11.1 Å². The van der Waals surface area contributed by atoms with E-state index in [0.29, 0.717) is 6.61 Å². The first-order valence-corrected chi connectivity index (χ1v) is 7.01. The molecule has 0 saturated carbocycles. The van der Waals surface area contributed by atoms with Gasteiger partial charge in [-0.3, -0.25) is 9.59 Å². The molecule has 0 aromatic heterocycles. The summed E-state index contributed by atoms with van der Waals surface area (Å²) >= 11 is 0. The minimum atomic E-state index is -0.813. The number of nitrogens with one attached hydrogen (secondary N) is 2. The van der Waals surface area contributed by atoms with Crippen molar-refractivity contribution in [2.45, 2.75) is 6.61 Å². The quantitative estimate of drug-likeness (QED) is 0.498. The molecule has 6 nitrogen and oxygen atoms in total. The van der Waals surface area contributed by atoms with Crippen LogP contribution in [-0.2, 0) is 16.2 Å². The van der Waals surface area contributed by atoms with Gasteiger partial charge in [0, 0.05) is 7.05 Å². The predicted octanol–water partition coefficient (Wildman–Crippen LogP) is 1.46.